The minimum Gasteiger partial charge on any atom is -0.478 e. The van der Waals surface area contributed by atoms with Crippen molar-refractivity contribution in [2.45, 2.75) is 16.7 Å². The summed E-state index contributed by atoms with van der Waals surface area (Å²) in [6.45, 7) is 1.31. The molecule has 1 aliphatic rings. The van der Waals surface area contributed by atoms with E-state index in [0.717, 1.165) is 12.1 Å². The number of sulfone groups is 2. The fourth-order valence-electron chi connectivity index (χ4n) is 1.96. The first-order valence-electron chi connectivity index (χ1n) is 4.99. The van der Waals surface area contributed by atoms with Gasteiger partial charge in [-0.3, -0.25) is 0 Å². The second kappa shape index (κ2) is 3.79. The summed E-state index contributed by atoms with van der Waals surface area (Å²) in [4.78, 5) is 10.3. The molecule has 1 N–H and O–H groups in total. The third-order valence-electron chi connectivity index (χ3n) is 2.87. The summed E-state index contributed by atoms with van der Waals surface area (Å²) in [6.07, 6.45) is 0. The van der Waals surface area contributed by atoms with Crippen LogP contribution in [0.2, 0.25) is 0 Å². The number of hydrogen-bond donors (Lipinski definition) is 1. The Labute approximate surface area is 104 Å². The molecule has 1 aromatic rings. The van der Waals surface area contributed by atoms with Crippen LogP contribution in [0.1, 0.15) is 15.9 Å². The van der Waals surface area contributed by atoms with Crippen molar-refractivity contribution in [2.75, 3.05) is 11.5 Å². The van der Waals surface area contributed by atoms with Gasteiger partial charge in [0.25, 0.3) is 0 Å². The molecule has 0 unspecified atom stereocenters. The maximum absolute atomic E-state index is 11.9. The zero-order valence-corrected chi connectivity index (χ0v) is 11.0. The Balaban J connectivity index is 2.95. The van der Waals surface area contributed by atoms with Crippen LogP contribution in [-0.2, 0) is 19.7 Å². The summed E-state index contributed by atoms with van der Waals surface area (Å²) in [6, 6.07) is 2.17. The van der Waals surface area contributed by atoms with E-state index in [-0.39, 0.29) is 20.9 Å². The third kappa shape index (κ3) is 1.81. The van der Waals surface area contributed by atoms with Crippen LogP contribution in [0.5, 0.6) is 0 Å². The predicted molar refractivity (Wildman–Crippen MR) is 62.2 cm³/mol. The first-order valence-corrected chi connectivity index (χ1v) is 8.30. The van der Waals surface area contributed by atoms with Crippen LogP contribution in [-0.4, -0.2) is 39.4 Å². The molecule has 0 spiro atoms. The molecule has 0 saturated carbocycles. The number of carboxylic acid groups (broad SMARTS) is 1. The van der Waals surface area contributed by atoms with Gasteiger partial charge in [-0.05, 0) is 24.6 Å². The predicted octanol–water partition coefficient (Wildman–Crippen LogP) is 0.254. The summed E-state index contributed by atoms with van der Waals surface area (Å²) in [5, 5.41) is 8.92. The first-order chi connectivity index (χ1) is 8.17. The highest BCUT2D eigenvalue weighted by Crippen LogP contribution is 2.32. The van der Waals surface area contributed by atoms with Gasteiger partial charge in [0.2, 0.25) is 0 Å². The maximum Gasteiger partial charge on any atom is 0.335 e. The van der Waals surface area contributed by atoms with Crippen molar-refractivity contribution in [3.05, 3.63) is 23.3 Å². The van der Waals surface area contributed by atoms with E-state index in [1.54, 1.807) is 0 Å². The van der Waals surface area contributed by atoms with Crippen molar-refractivity contribution in [3.8, 4) is 0 Å². The van der Waals surface area contributed by atoms with Crippen LogP contribution in [0.3, 0.4) is 0 Å². The lowest BCUT2D eigenvalue weighted by Crippen LogP contribution is -2.27. The van der Waals surface area contributed by atoms with Crippen molar-refractivity contribution in [1.82, 2.24) is 0 Å². The van der Waals surface area contributed by atoms with E-state index < -0.39 is 37.1 Å². The summed E-state index contributed by atoms with van der Waals surface area (Å²) in [5.74, 6) is -2.26. The number of carboxylic acids is 1. The van der Waals surface area contributed by atoms with E-state index in [0.29, 0.717) is 0 Å². The van der Waals surface area contributed by atoms with Crippen LogP contribution >= 0.6 is 0 Å². The smallest absolute Gasteiger partial charge is 0.335 e. The molecule has 0 aliphatic carbocycles. The van der Waals surface area contributed by atoms with Gasteiger partial charge in [0.15, 0.2) is 19.7 Å². The lowest BCUT2D eigenvalue weighted by molar-refractivity contribution is 0.0695. The van der Waals surface area contributed by atoms with Gasteiger partial charge in [0.1, 0.15) is 0 Å². The van der Waals surface area contributed by atoms with Crippen molar-refractivity contribution in [1.29, 1.82) is 0 Å². The zero-order chi connectivity index (χ0) is 13.7. The van der Waals surface area contributed by atoms with Gasteiger partial charge in [-0.15, -0.1) is 0 Å². The molecular weight excluding hydrogens is 280 g/mol. The maximum atomic E-state index is 11.9. The van der Waals surface area contributed by atoms with Crippen LogP contribution in [0.15, 0.2) is 21.9 Å². The fourth-order valence-corrected chi connectivity index (χ4v) is 6.56. The molecular formula is C10H10O6S2. The lowest BCUT2D eigenvalue weighted by atomic mass is 10.1. The van der Waals surface area contributed by atoms with E-state index in [1.807, 2.05) is 0 Å². The highest BCUT2D eigenvalue weighted by molar-refractivity contribution is 7.98. The zero-order valence-electron chi connectivity index (χ0n) is 9.37. The molecule has 8 heteroatoms. The van der Waals surface area contributed by atoms with E-state index in [1.165, 1.54) is 6.92 Å². The Morgan fingerprint density at radius 3 is 2.22 bits per heavy atom. The molecule has 0 fully saturated rings. The Morgan fingerprint density at radius 2 is 1.67 bits per heavy atom. The van der Waals surface area contributed by atoms with E-state index >= 15 is 0 Å². The Morgan fingerprint density at radius 1 is 1.11 bits per heavy atom. The van der Waals surface area contributed by atoms with Gasteiger partial charge >= 0.3 is 5.97 Å². The van der Waals surface area contributed by atoms with E-state index in [2.05, 4.69) is 0 Å². The van der Waals surface area contributed by atoms with Gasteiger partial charge in [-0.2, -0.15) is 0 Å². The molecule has 98 valence electrons. The molecule has 1 aliphatic heterocycles. The third-order valence-corrected chi connectivity index (χ3v) is 6.90. The first kappa shape index (κ1) is 13.0. The van der Waals surface area contributed by atoms with Crippen LogP contribution in [0, 0.1) is 6.92 Å². The van der Waals surface area contributed by atoms with Crippen molar-refractivity contribution < 1.29 is 26.7 Å². The van der Waals surface area contributed by atoms with Crippen LogP contribution in [0.4, 0.5) is 0 Å². The molecule has 6 nitrogen and oxygen atoms in total. The average Bonchev–Trinajstić information content (AvgIpc) is 2.24. The Hall–Kier alpha value is -1.41. The van der Waals surface area contributed by atoms with Crippen molar-refractivity contribution >= 4 is 25.6 Å². The second-order valence-corrected chi connectivity index (χ2v) is 8.13. The number of aromatic carboxylic acids is 1. The average molecular weight is 290 g/mol. The lowest BCUT2D eigenvalue weighted by Gasteiger charge is -2.19. The molecule has 0 bridgehead atoms. The van der Waals surface area contributed by atoms with Crippen molar-refractivity contribution in [2.24, 2.45) is 0 Å². The molecule has 18 heavy (non-hydrogen) atoms. The number of rotatable bonds is 1. The molecule has 0 saturated heterocycles. The topological polar surface area (TPSA) is 106 Å². The fraction of sp³-hybridized carbons (Fsp3) is 0.300. The number of benzene rings is 1. The van der Waals surface area contributed by atoms with Gasteiger partial charge in [0, 0.05) is 0 Å². The van der Waals surface area contributed by atoms with Crippen LogP contribution in [0.25, 0.3) is 0 Å². The van der Waals surface area contributed by atoms with Gasteiger partial charge in [-0.25, -0.2) is 21.6 Å². The van der Waals surface area contributed by atoms with Gasteiger partial charge < -0.3 is 5.11 Å². The van der Waals surface area contributed by atoms with Gasteiger partial charge in [0.05, 0.1) is 26.9 Å². The van der Waals surface area contributed by atoms with E-state index in [4.69, 9.17) is 5.11 Å². The Bertz CT molecular complexity index is 743. The molecule has 0 radical (unpaired) electrons. The van der Waals surface area contributed by atoms with E-state index in [9.17, 15) is 21.6 Å². The van der Waals surface area contributed by atoms with Gasteiger partial charge in [-0.1, -0.05) is 0 Å². The molecule has 2 rings (SSSR count). The second-order valence-electron chi connectivity index (χ2n) is 4.01. The highest BCUT2D eigenvalue weighted by Gasteiger charge is 2.36. The molecule has 1 heterocycles. The summed E-state index contributed by atoms with van der Waals surface area (Å²) in [5.41, 5.74) is -0.224. The number of hydrogen-bond acceptors (Lipinski definition) is 5. The standard InChI is InChI=1S/C10H10O6S2/c1-6-7(10(11)12)2-3-8-9(6)18(15,16)5-4-17(8,13)14/h2-3H,4-5H2,1H3,(H,11,12). The normalized spacial score (nSPS) is 20.1. The molecule has 0 amide bonds. The SMILES string of the molecule is Cc1c(C(=O)O)ccc2c1S(=O)(=O)CCS2(=O)=O. The summed E-state index contributed by atoms with van der Waals surface area (Å²) in [7, 11) is -7.39. The number of carbonyl (C=O) groups is 1. The highest BCUT2D eigenvalue weighted by atomic mass is 32.2. The number of fused-ring (bicyclic) bond motifs is 1. The molecule has 1 aromatic carbocycles. The molecule has 0 atom stereocenters. The largest absolute Gasteiger partial charge is 0.478 e. The monoisotopic (exact) mass is 290 g/mol. The minimum atomic E-state index is -3.74. The minimum absolute atomic E-state index is 0.0247. The molecule has 0 aromatic heterocycles. The van der Waals surface area contributed by atoms with Crippen molar-refractivity contribution in [3.63, 3.8) is 0 Å². The summed E-state index contributed by atoms with van der Waals surface area (Å²) >= 11 is 0. The van der Waals surface area contributed by atoms with Crippen LogP contribution < -0.4 is 0 Å². The summed E-state index contributed by atoms with van der Waals surface area (Å²) < 4.78 is 47.4. The Kier molecular flexibility index (Phi) is 2.74. The quantitative estimate of drug-likeness (QED) is 0.795.